The van der Waals surface area contributed by atoms with Crippen LogP contribution in [0.25, 0.3) is 11.2 Å². The highest BCUT2D eigenvalue weighted by Gasteiger charge is 2.59. The van der Waals surface area contributed by atoms with Crippen molar-refractivity contribution in [3.8, 4) is 0 Å². The third-order valence-electron chi connectivity index (χ3n) is 8.21. The Balaban J connectivity index is 1.46. The number of benzene rings is 2. The van der Waals surface area contributed by atoms with Crippen molar-refractivity contribution >= 4 is 23.0 Å². The maximum atomic E-state index is 12.4. The van der Waals surface area contributed by atoms with E-state index < -0.39 is 48.3 Å². The van der Waals surface area contributed by atoms with Gasteiger partial charge in [0.2, 0.25) is 0 Å². The molecule has 0 spiro atoms. The van der Waals surface area contributed by atoms with E-state index in [9.17, 15) is 9.90 Å². The minimum atomic E-state index is -0.935. The van der Waals surface area contributed by atoms with Crippen molar-refractivity contribution in [3.05, 3.63) is 83.9 Å². The Bertz CT molecular complexity index is 1580. The number of rotatable bonds is 10. The molecule has 0 radical (unpaired) electrons. The summed E-state index contributed by atoms with van der Waals surface area (Å²) in [6, 6.07) is 17.8. The molecule has 6 rings (SSSR count). The number of aromatic nitrogens is 4. The van der Waals surface area contributed by atoms with Crippen LogP contribution in [-0.2, 0) is 23.7 Å². The van der Waals surface area contributed by atoms with Crippen LogP contribution in [0, 0.1) is 6.92 Å². The Labute approximate surface area is 250 Å². The van der Waals surface area contributed by atoms with Crippen LogP contribution in [0.5, 0.6) is 0 Å². The molecule has 4 heterocycles. The van der Waals surface area contributed by atoms with Crippen LogP contribution in [0.4, 0.5) is 5.82 Å². The molecule has 0 bridgehead atoms. The van der Waals surface area contributed by atoms with Crippen LogP contribution >= 0.6 is 0 Å². The number of nitrogen functional groups attached to an aromatic ring is 1. The normalized spacial score (nSPS) is 24.9. The second-order valence-corrected chi connectivity index (χ2v) is 11.7. The molecule has 3 N–H and O–H groups in total. The summed E-state index contributed by atoms with van der Waals surface area (Å²) in [5.74, 6) is -2.14. The van der Waals surface area contributed by atoms with E-state index in [0.717, 1.165) is 16.7 Å². The Morgan fingerprint density at radius 1 is 1.05 bits per heavy atom. The van der Waals surface area contributed by atoms with E-state index in [1.807, 2.05) is 82.3 Å². The highest BCUT2D eigenvalue weighted by atomic mass is 16.8. The van der Waals surface area contributed by atoms with Crippen LogP contribution in [0.15, 0.2) is 67.3 Å². The number of imidazole rings is 1. The van der Waals surface area contributed by atoms with Gasteiger partial charge in [0.05, 0.1) is 25.0 Å². The molecule has 226 valence electrons. The molecule has 2 saturated heterocycles. The van der Waals surface area contributed by atoms with Crippen molar-refractivity contribution in [2.75, 3.05) is 5.73 Å². The summed E-state index contributed by atoms with van der Waals surface area (Å²) in [5, 5.41) is 10.1. The molecule has 0 amide bonds. The molecule has 0 aliphatic carbocycles. The molecule has 2 aliphatic rings. The summed E-state index contributed by atoms with van der Waals surface area (Å²) in [6.45, 7) is 7.76. The molecular formula is C32H37N5O6. The van der Waals surface area contributed by atoms with Gasteiger partial charge in [0, 0.05) is 5.92 Å². The lowest BCUT2D eigenvalue weighted by molar-refractivity contribution is -0.217. The molecule has 2 fully saturated rings. The number of aryl methyl sites for hydroxylation is 1. The average Bonchev–Trinajstić information content (AvgIpc) is 3.65. The van der Waals surface area contributed by atoms with Gasteiger partial charge in [-0.3, -0.25) is 9.36 Å². The van der Waals surface area contributed by atoms with Gasteiger partial charge in [0.15, 0.2) is 23.5 Å². The topological polar surface area (TPSA) is 144 Å². The smallest absolute Gasteiger partial charge is 0.304 e. The number of fused-ring (bicyclic) bond motifs is 2. The van der Waals surface area contributed by atoms with E-state index in [0.29, 0.717) is 17.6 Å². The van der Waals surface area contributed by atoms with Gasteiger partial charge >= 0.3 is 5.97 Å². The van der Waals surface area contributed by atoms with Gasteiger partial charge in [-0.25, -0.2) is 15.0 Å². The minimum absolute atomic E-state index is 0.164. The lowest BCUT2D eigenvalue weighted by atomic mass is 9.85. The Morgan fingerprint density at radius 3 is 2.47 bits per heavy atom. The highest BCUT2D eigenvalue weighted by molar-refractivity contribution is 5.81. The first-order valence-electron chi connectivity index (χ1n) is 14.6. The van der Waals surface area contributed by atoms with Crippen LogP contribution in [0.1, 0.15) is 68.6 Å². The largest absolute Gasteiger partial charge is 0.481 e. The molecular weight excluding hydrogens is 550 g/mol. The molecule has 11 heteroatoms. The third kappa shape index (κ3) is 5.73. The van der Waals surface area contributed by atoms with E-state index in [1.165, 1.54) is 6.33 Å². The fourth-order valence-electron chi connectivity index (χ4n) is 6.25. The maximum Gasteiger partial charge on any atom is 0.304 e. The number of anilines is 1. The number of hydrogen-bond acceptors (Lipinski definition) is 9. The maximum absolute atomic E-state index is 12.4. The van der Waals surface area contributed by atoms with E-state index in [2.05, 4.69) is 15.0 Å². The van der Waals surface area contributed by atoms with Crippen LogP contribution in [-0.4, -0.2) is 60.8 Å². The van der Waals surface area contributed by atoms with E-state index in [1.54, 1.807) is 10.9 Å². The molecule has 4 aromatic rings. The lowest BCUT2D eigenvalue weighted by Gasteiger charge is -2.36. The van der Waals surface area contributed by atoms with Crippen molar-refractivity contribution in [1.29, 1.82) is 0 Å². The van der Waals surface area contributed by atoms with Gasteiger partial charge in [-0.15, -0.1) is 0 Å². The van der Waals surface area contributed by atoms with Crippen molar-refractivity contribution in [2.24, 2.45) is 0 Å². The molecule has 2 aliphatic heterocycles. The van der Waals surface area contributed by atoms with Crippen LogP contribution in [0.3, 0.4) is 0 Å². The molecule has 43 heavy (non-hydrogen) atoms. The first-order chi connectivity index (χ1) is 20.6. The lowest BCUT2D eigenvalue weighted by Crippen LogP contribution is -2.44. The summed E-state index contributed by atoms with van der Waals surface area (Å²) >= 11 is 0. The summed E-state index contributed by atoms with van der Waals surface area (Å²) in [4.78, 5) is 25.3. The predicted molar refractivity (Wildman–Crippen MR) is 158 cm³/mol. The predicted octanol–water partition coefficient (Wildman–Crippen LogP) is 4.93. The third-order valence-corrected chi connectivity index (χ3v) is 8.21. The average molecular weight is 588 g/mol. The van der Waals surface area contributed by atoms with Crippen molar-refractivity contribution in [2.45, 2.75) is 89.0 Å². The number of hydrogen-bond donors (Lipinski definition) is 2. The quantitative estimate of drug-likeness (QED) is 0.262. The van der Waals surface area contributed by atoms with Crippen LogP contribution < -0.4 is 5.73 Å². The fourth-order valence-corrected chi connectivity index (χ4v) is 6.25. The van der Waals surface area contributed by atoms with Gasteiger partial charge in [0.25, 0.3) is 0 Å². The molecule has 0 saturated carbocycles. The van der Waals surface area contributed by atoms with Gasteiger partial charge in [-0.1, -0.05) is 67.1 Å². The number of carboxylic acid groups (broad SMARTS) is 1. The molecule has 11 nitrogen and oxygen atoms in total. The number of carbonyl (C=O) groups is 1. The van der Waals surface area contributed by atoms with Gasteiger partial charge in [-0.2, -0.15) is 0 Å². The number of aliphatic carboxylic acids is 1. The monoisotopic (exact) mass is 587 g/mol. The van der Waals surface area contributed by atoms with Crippen molar-refractivity contribution < 1.29 is 28.8 Å². The number of carboxylic acids is 1. The summed E-state index contributed by atoms with van der Waals surface area (Å²) in [5.41, 5.74) is 9.95. The van der Waals surface area contributed by atoms with Crippen LogP contribution in [0.2, 0.25) is 0 Å². The Morgan fingerprint density at radius 2 is 1.77 bits per heavy atom. The molecule has 2 unspecified atom stereocenters. The van der Waals surface area contributed by atoms with E-state index in [4.69, 9.17) is 24.7 Å². The minimum Gasteiger partial charge on any atom is -0.481 e. The summed E-state index contributed by atoms with van der Waals surface area (Å²) in [7, 11) is 0. The van der Waals surface area contributed by atoms with E-state index >= 15 is 0 Å². The molecule has 2 aromatic carbocycles. The molecule has 2 aromatic heterocycles. The summed E-state index contributed by atoms with van der Waals surface area (Å²) < 4.78 is 28.5. The number of ether oxygens (including phenoxy) is 4. The Hall–Kier alpha value is -3.90. The van der Waals surface area contributed by atoms with Crippen molar-refractivity contribution in [3.63, 3.8) is 0 Å². The standard InChI is InChI=1S/C32H37N5O6/c1-5-22(20-9-7-6-8-10-20)40-25(21(15-23(38)39)19-13-11-18(2)12-14-19)26-27-28(43-32(3,4)42-27)31(41-26)37-17-36-24-29(33)34-16-35-30(24)37/h6-14,16-17,21-22,25-28,31H,5,15H2,1-4H3,(H,38,39)(H2,33,34,35)/t21?,22-,25?,26+,27+,28+,31+/m0/s1. The number of nitrogens with zero attached hydrogens (tertiary/aromatic N) is 4. The fraction of sp³-hybridized carbons (Fsp3) is 0.438. The number of nitrogens with two attached hydrogens (primary N) is 1. The SMILES string of the molecule is CC[C@H](OC(C(CC(=O)O)c1ccc(C)cc1)[C@H]1O[C@@H](n2cnc3c(N)ncnc32)[C@@H]2OC(C)(C)O[C@@H]21)c1ccccc1. The Kier molecular flexibility index (Phi) is 7.91. The second-order valence-electron chi connectivity index (χ2n) is 11.7. The zero-order valence-corrected chi connectivity index (χ0v) is 24.7. The first-order valence-corrected chi connectivity index (χ1v) is 14.6. The zero-order valence-electron chi connectivity index (χ0n) is 24.7. The van der Waals surface area contributed by atoms with E-state index in [-0.39, 0.29) is 18.3 Å². The van der Waals surface area contributed by atoms with Gasteiger partial charge in [-0.05, 0) is 38.3 Å². The summed E-state index contributed by atoms with van der Waals surface area (Å²) in [6.07, 6.45) is -0.0479. The highest BCUT2D eigenvalue weighted by Crippen LogP contribution is 2.48. The van der Waals surface area contributed by atoms with Gasteiger partial charge in [0.1, 0.15) is 30.2 Å². The first kappa shape index (κ1) is 29.2. The van der Waals surface area contributed by atoms with Gasteiger partial charge < -0.3 is 29.8 Å². The van der Waals surface area contributed by atoms with Crippen molar-refractivity contribution in [1.82, 2.24) is 19.5 Å². The second kappa shape index (κ2) is 11.6. The zero-order chi connectivity index (χ0) is 30.3. The molecule has 7 atom stereocenters.